The fraction of sp³-hybridized carbons (Fsp3) is 0.267. The lowest BCUT2D eigenvalue weighted by Crippen LogP contribution is -2.26. The zero-order valence-electron chi connectivity index (χ0n) is 12.1. The molecule has 0 bridgehead atoms. The molecule has 0 spiro atoms. The van der Waals surface area contributed by atoms with Crippen molar-refractivity contribution < 1.29 is 8.42 Å². The number of aromatic nitrogens is 1. The van der Waals surface area contributed by atoms with Crippen LogP contribution in [0.5, 0.6) is 0 Å². The van der Waals surface area contributed by atoms with Gasteiger partial charge in [-0.1, -0.05) is 6.07 Å². The number of pyridine rings is 1. The number of hydrogen-bond donors (Lipinski definition) is 2. The fourth-order valence-corrected chi connectivity index (χ4v) is 2.97. The summed E-state index contributed by atoms with van der Waals surface area (Å²) in [4.78, 5) is 4.61. The van der Waals surface area contributed by atoms with E-state index in [4.69, 9.17) is 0 Å². The van der Waals surface area contributed by atoms with Crippen molar-refractivity contribution in [2.24, 2.45) is 0 Å². The van der Waals surface area contributed by atoms with E-state index in [1.54, 1.807) is 31.3 Å². The van der Waals surface area contributed by atoms with Gasteiger partial charge in [0.1, 0.15) is 0 Å². The molecule has 0 saturated carbocycles. The number of benzene rings is 1. The minimum absolute atomic E-state index is 0.263. The molecule has 0 atom stereocenters. The van der Waals surface area contributed by atoms with Crippen molar-refractivity contribution in [1.29, 1.82) is 0 Å². The molecular weight excluding hydrogens is 286 g/mol. The van der Waals surface area contributed by atoms with Crippen LogP contribution in [0.25, 0.3) is 0 Å². The van der Waals surface area contributed by atoms with Crippen molar-refractivity contribution in [3.63, 3.8) is 0 Å². The van der Waals surface area contributed by atoms with Gasteiger partial charge < -0.3 is 5.32 Å². The van der Waals surface area contributed by atoms with Gasteiger partial charge in [0, 0.05) is 37.1 Å². The van der Waals surface area contributed by atoms with Crippen molar-refractivity contribution in [3.05, 3.63) is 53.9 Å². The highest BCUT2D eigenvalue weighted by atomic mass is 32.2. The number of rotatable bonds is 6. The van der Waals surface area contributed by atoms with Gasteiger partial charge in [-0.25, -0.2) is 13.1 Å². The molecule has 0 radical (unpaired) electrons. The van der Waals surface area contributed by atoms with E-state index in [9.17, 15) is 8.42 Å². The molecule has 6 heteroatoms. The summed E-state index contributed by atoms with van der Waals surface area (Å²) in [6, 6.07) is 12.4. The summed E-state index contributed by atoms with van der Waals surface area (Å²) in [5.41, 5.74) is 2.68. The smallest absolute Gasteiger partial charge is 0.240 e. The van der Waals surface area contributed by atoms with Gasteiger partial charge in [0.05, 0.1) is 4.90 Å². The molecule has 1 aromatic carbocycles. The second-order valence-corrected chi connectivity index (χ2v) is 6.46. The Hall–Kier alpha value is -1.92. The molecule has 0 saturated heterocycles. The van der Waals surface area contributed by atoms with Crippen LogP contribution in [0.3, 0.4) is 0 Å². The third-order valence-corrected chi connectivity index (χ3v) is 4.55. The Bertz CT molecular complexity index is 697. The number of anilines is 1. The van der Waals surface area contributed by atoms with Crippen LogP contribution in [0.4, 0.5) is 5.69 Å². The van der Waals surface area contributed by atoms with Crippen LogP contribution in [-0.2, 0) is 16.4 Å². The predicted molar refractivity (Wildman–Crippen MR) is 83.9 cm³/mol. The molecule has 0 aliphatic rings. The number of nitrogens with one attached hydrogen (secondary N) is 2. The van der Waals surface area contributed by atoms with Crippen molar-refractivity contribution in [2.75, 3.05) is 18.9 Å². The Morgan fingerprint density at radius 2 is 1.81 bits per heavy atom. The molecule has 2 N–H and O–H groups in total. The Kier molecular flexibility index (Phi) is 4.93. The molecule has 5 nitrogen and oxygen atoms in total. The van der Waals surface area contributed by atoms with Crippen LogP contribution in [0, 0.1) is 6.92 Å². The SMILES string of the molecule is CNc1ccc(S(=O)(=O)NCCc2cccc(C)n2)cc1. The molecule has 1 heterocycles. The minimum Gasteiger partial charge on any atom is -0.388 e. The molecular formula is C15H19N3O2S. The molecule has 2 aromatic rings. The number of nitrogens with zero attached hydrogens (tertiary/aromatic N) is 1. The maximum absolute atomic E-state index is 12.1. The number of hydrogen-bond acceptors (Lipinski definition) is 4. The highest BCUT2D eigenvalue weighted by molar-refractivity contribution is 7.89. The first-order valence-electron chi connectivity index (χ1n) is 6.71. The third-order valence-electron chi connectivity index (χ3n) is 3.07. The topological polar surface area (TPSA) is 71.1 Å². The first kappa shape index (κ1) is 15.5. The lowest BCUT2D eigenvalue weighted by atomic mass is 10.2. The van der Waals surface area contributed by atoms with Crippen molar-refractivity contribution in [1.82, 2.24) is 9.71 Å². The molecule has 112 valence electrons. The average Bonchev–Trinajstić information content (AvgIpc) is 2.47. The van der Waals surface area contributed by atoms with E-state index in [-0.39, 0.29) is 4.90 Å². The lowest BCUT2D eigenvalue weighted by Gasteiger charge is -2.08. The molecule has 0 aliphatic heterocycles. The second-order valence-electron chi connectivity index (χ2n) is 4.69. The molecule has 1 aromatic heterocycles. The highest BCUT2D eigenvalue weighted by Gasteiger charge is 2.13. The zero-order chi connectivity index (χ0) is 15.3. The van der Waals surface area contributed by atoms with Gasteiger partial charge in [0.15, 0.2) is 0 Å². The Balaban J connectivity index is 1.97. The number of sulfonamides is 1. The van der Waals surface area contributed by atoms with Gasteiger partial charge in [-0.3, -0.25) is 4.98 Å². The maximum Gasteiger partial charge on any atom is 0.240 e. The quantitative estimate of drug-likeness (QED) is 0.856. The van der Waals surface area contributed by atoms with Crippen LogP contribution >= 0.6 is 0 Å². The van der Waals surface area contributed by atoms with Gasteiger partial charge in [-0.05, 0) is 43.3 Å². The van der Waals surface area contributed by atoms with Crippen LogP contribution in [0.15, 0.2) is 47.4 Å². The van der Waals surface area contributed by atoms with E-state index in [0.29, 0.717) is 13.0 Å². The molecule has 0 unspecified atom stereocenters. The molecule has 0 fully saturated rings. The number of aryl methyl sites for hydroxylation is 1. The first-order valence-corrected chi connectivity index (χ1v) is 8.19. The van der Waals surface area contributed by atoms with Crippen LogP contribution in [-0.4, -0.2) is 27.0 Å². The summed E-state index contributed by atoms with van der Waals surface area (Å²) in [6.45, 7) is 2.24. The van der Waals surface area contributed by atoms with Crippen molar-refractivity contribution >= 4 is 15.7 Å². The molecule has 0 aliphatic carbocycles. The van der Waals surface area contributed by atoms with E-state index < -0.39 is 10.0 Å². The standard InChI is InChI=1S/C15H19N3O2S/c1-12-4-3-5-14(18-12)10-11-17-21(19,20)15-8-6-13(16-2)7-9-15/h3-9,16-17H,10-11H2,1-2H3. The predicted octanol–water partition coefficient (Wildman–Crippen LogP) is 1.95. The van der Waals surface area contributed by atoms with Gasteiger partial charge >= 0.3 is 0 Å². The summed E-state index contributed by atoms with van der Waals surface area (Å²) in [5.74, 6) is 0. The zero-order valence-corrected chi connectivity index (χ0v) is 12.9. The monoisotopic (exact) mass is 305 g/mol. The van der Waals surface area contributed by atoms with E-state index in [1.165, 1.54) is 0 Å². The third kappa shape index (κ3) is 4.27. The maximum atomic E-state index is 12.1. The van der Waals surface area contributed by atoms with E-state index in [0.717, 1.165) is 17.1 Å². The Labute approximate surface area is 125 Å². The Morgan fingerprint density at radius 3 is 2.43 bits per heavy atom. The van der Waals surface area contributed by atoms with E-state index >= 15 is 0 Å². The van der Waals surface area contributed by atoms with Crippen LogP contribution in [0.1, 0.15) is 11.4 Å². The van der Waals surface area contributed by atoms with Crippen LogP contribution in [0.2, 0.25) is 0 Å². The fourth-order valence-electron chi connectivity index (χ4n) is 1.94. The van der Waals surface area contributed by atoms with Crippen LogP contribution < -0.4 is 10.0 Å². The van der Waals surface area contributed by atoms with Gasteiger partial charge in [-0.2, -0.15) is 0 Å². The van der Waals surface area contributed by atoms with Gasteiger partial charge in [0.2, 0.25) is 10.0 Å². The molecule has 0 amide bonds. The summed E-state index contributed by atoms with van der Waals surface area (Å²) < 4.78 is 26.9. The summed E-state index contributed by atoms with van der Waals surface area (Å²) in [6.07, 6.45) is 0.565. The normalized spacial score (nSPS) is 11.3. The van der Waals surface area contributed by atoms with Crippen molar-refractivity contribution in [3.8, 4) is 0 Å². The highest BCUT2D eigenvalue weighted by Crippen LogP contribution is 2.13. The van der Waals surface area contributed by atoms with E-state index in [2.05, 4.69) is 15.0 Å². The largest absolute Gasteiger partial charge is 0.388 e. The van der Waals surface area contributed by atoms with Gasteiger partial charge in [0.25, 0.3) is 0 Å². The van der Waals surface area contributed by atoms with E-state index in [1.807, 2.05) is 25.1 Å². The summed E-state index contributed by atoms with van der Waals surface area (Å²) in [7, 11) is -1.68. The Morgan fingerprint density at radius 1 is 1.10 bits per heavy atom. The summed E-state index contributed by atoms with van der Waals surface area (Å²) >= 11 is 0. The minimum atomic E-state index is -3.47. The van der Waals surface area contributed by atoms with Crippen molar-refractivity contribution in [2.45, 2.75) is 18.2 Å². The molecule has 2 rings (SSSR count). The first-order chi connectivity index (χ1) is 10.0. The second kappa shape index (κ2) is 6.69. The lowest BCUT2D eigenvalue weighted by molar-refractivity contribution is 0.581. The average molecular weight is 305 g/mol. The van der Waals surface area contributed by atoms with Gasteiger partial charge in [-0.15, -0.1) is 0 Å². The molecule has 21 heavy (non-hydrogen) atoms. The summed E-state index contributed by atoms with van der Waals surface area (Å²) in [5, 5.41) is 2.95.